The number of nitrogens with zero attached hydrogens (tertiary/aromatic N) is 3. The summed E-state index contributed by atoms with van der Waals surface area (Å²) in [6.07, 6.45) is 3.59. The van der Waals surface area contributed by atoms with Crippen LogP contribution in [0.25, 0.3) is 0 Å². The Morgan fingerprint density at radius 1 is 1.22 bits per heavy atom. The second-order valence-corrected chi connectivity index (χ2v) is 5.54. The van der Waals surface area contributed by atoms with E-state index in [1.807, 2.05) is 42.0 Å². The number of benzene rings is 2. The minimum Gasteiger partial charge on any atom is -0.454 e. The smallest absolute Gasteiger partial charge is 0.146 e. The molecule has 0 aliphatic rings. The molecule has 0 atom stereocenters. The molecule has 0 spiro atoms. The number of halogens is 1. The molecule has 1 heterocycles. The Labute approximate surface area is 139 Å². The fraction of sp³-hybridized carbons (Fsp3) is 0.111. The monoisotopic (exact) mass is 323 g/mol. The Morgan fingerprint density at radius 2 is 2.04 bits per heavy atom. The molecule has 114 valence electrons. The molecule has 0 N–H and O–H groups in total. The SMILES string of the molecule is Cc1cncn1Cc1ccc(C#N)c(Oc2ccccc2Cl)c1. The molecular weight excluding hydrogens is 310 g/mol. The summed E-state index contributed by atoms with van der Waals surface area (Å²) in [5.74, 6) is 1.03. The van der Waals surface area contributed by atoms with E-state index in [0.717, 1.165) is 11.3 Å². The van der Waals surface area contributed by atoms with Crippen LogP contribution in [-0.4, -0.2) is 9.55 Å². The van der Waals surface area contributed by atoms with Gasteiger partial charge in [-0.15, -0.1) is 0 Å². The maximum absolute atomic E-state index is 9.28. The van der Waals surface area contributed by atoms with Crippen LogP contribution in [0.4, 0.5) is 0 Å². The van der Waals surface area contributed by atoms with Crippen LogP contribution < -0.4 is 4.74 Å². The van der Waals surface area contributed by atoms with Crippen molar-refractivity contribution < 1.29 is 4.74 Å². The first-order chi connectivity index (χ1) is 11.2. The molecule has 5 heteroatoms. The van der Waals surface area contributed by atoms with Gasteiger partial charge < -0.3 is 9.30 Å². The molecule has 0 bridgehead atoms. The van der Waals surface area contributed by atoms with E-state index in [0.29, 0.717) is 28.6 Å². The highest BCUT2D eigenvalue weighted by Crippen LogP contribution is 2.31. The minimum absolute atomic E-state index is 0.469. The van der Waals surface area contributed by atoms with E-state index < -0.39 is 0 Å². The third-order valence-corrected chi connectivity index (χ3v) is 3.81. The molecule has 0 fully saturated rings. The first-order valence-corrected chi connectivity index (χ1v) is 7.47. The van der Waals surface area contributed by atoms with Crippen molar-refractivity contribution in [3.8, 4) is 17.6 Å². The van der Waals surface area contributed by atoms with E-state index in [1.165, 1.54) is 0 Å². The normalized spacial score (nSPS) is 10.3. The zero-order valence-corrected chi connectivity index (χ0v) is 13.3. The van der Waals surface area contributed by atoms with Crippen LogP contribution in [0, 0.1) is 18.3 Å². The molecule has 1 aromatic heterocycles. The van der Waals surface area contributed by atoms with E-state index in [2.05, 4.69) is 11.1 Å². The number of ether oxygens (including phenoxy) is 1. The van der Waals surface area contributed by atoms with Crippen molar-refractivity contribution in [1.29, 1.82) is 5.26 Å². The summed E-state index contributed by atoms with van der Waals surface area (Å²) in [6, 6.07) is 14.9. The zero-order chi connectivity index (χ0) is 16.2. The highest BCUT2D eigenvalue weighted by Gasteiger charge is 2.09. The number of imidazole rings is 1. The van der Waals surface area contributed by atoms with Crippen LogP contribution in [0.15, 0.2) is 55.0 Å². The third-order valence-electron chi connectivity index (χ3n) is 3.50. The Bertz CT molecular complexity index is 880. The number of nitriles is 1. The minimum atomic E-state index is 0.469. The van der Waals surface area contributed by atoms with Crippen molar-refractivity contribution in [2.45, 2.75) is 13.5 Å². The summed E-state index contributed by atoms with van der Waals surface area (Å²) in [4.78, 5) is 4.12. The predicted octanol–water partition coefficient (Wildman–Crippen LogP) is 4.56. The van der Waals surface area contributed by atoms with E-state index in [-0.39, 0.29) is 0 Å². The molecule has 4 nitrogen and oxygen atoms in total. The Balaban J connectivity index is 1.92. The summed E-state index contributed by atoms with van der Waals surface area (Å²) in [7, 11) is 0. The zero-order valence-electron chi connectivity index (χ0n) is 12.5. The van der Waals surface area contributed by atoms with Crippen LogP contribution in [0.5, 0.6) is 11.5 Å². The lowest BCUT2D eigenvalue weighted by atomic mass is 10.1. The van der Waals surface area contributed by atoms with Crippen molar-refractivity contribution in [3.05, 3.63) is 76.8 Å². The first kappa shape index (κ1) is 15.1. The van der Waals surface area contributed by atoms with Gasteiger partial charge in [-0.3, -0.25) is 0 Å². The summed E-state index contributed by atoms with van der Waals surface area (Å²) in [6.45, 7) is 2.66. The van der Waals surface area contributed by atoms with Crippen molar-refractivity contribution in [1.82, 2.24) is 9.55 Å². The van der Waals surface area contributed by atoms with Crippen molar-refractivity contribution in [2.24, 2.45) is 0 Å². The van der Waals surface area contributed by atoms with E-state index in [4.69, 9.17) is 16.3 Å². The molecule has 0 radical (unpaired) electrons. The molecule has 3 rings (SSSR count). The van der Waals surface area contributed by atoms with Gasteiger partial charge in [-0.05, 0) is 36.8 Å². The molecule has 2 aromatic carbocycles. The molecule has 3 aromatic rings. The molecule has 0 saturated heterocycles. The van der Waals surface area contributed by atoms with Crippen molar-refractivity contribution in [2.75, 3.05) is 0 Å². The predicted molar refractivity (Wildman–Crippen MR) is 88.7 cm³/mol. The number of para-hydroxylation sites is 1. The van der Waals surface area contributed by atoms with Crippen LogP contribution >= 0.6 is 11.6 Å². The van der Waals surface area contributed by atoms with Gasteiger partial charge in [0.15, 0.2) is 0 Å². The molecule has 0 aliphatic carbocycles. The first-order valence-electron chi connectivity index (χ1n) is 7.09. The van der Waals surface area contributed by atoms with Gasteiger partial charge in [0.25, 0.3) is 0 Å². The third kappa shape index (κ3) is 3.36. The van der Waals surface area contributed by atoms with Gasteiger partial charge in [0, 0.05) is 18.4 Å². The number of aromatic nitrogens is 2. The van der Waals surface area contributed by atoms with Crippen LogP contribution in [0.1, 0.15) is 16.8 Å². The average molecular weight is 324 g/mol. The maximum atomic E-state index is 9.28. The van der Waals surface area contributed by atoms with E-state index in [1.54, 1.807) is 24.5 Å². The lowest BCUT2D eigenvalue weighted by Crippen LogP contribution is -2.01. The molecule has 0 amide bonds. The summed E-state index contributed by atoms with van der Waals surface area (Å²) >= 11 is 6.13. The Kier molecular flexibility index (Phi) is 4.31. The van der Waals surface area contributed by atoms with Gasteiger partial charge >= 0.3 is 0 Å². The fourth-order valence-electron chi connectivity index (χ4n) is 2.24. The molecule has 0 unspecified atom stereocenters. The van der Waals surface area contributed by atoms with Crippen LogP contribution in [0.2, 0.25) is 5.02 Å². The van der Waals surface area contributed by atoms with E-state index >= 15 is 0 Å². The van der Waals surface area contributed by atoms with Crippen molar-refractivity contribution in [3.63, 3.8) is 0 Å². The molecular formula is C18H14ClN3O. The average Bonchev–Trinajstić information content (AvgIpc) is 2.95. The largest absolute Gasteiger partial charge is 0.454 e. The van der Waals surface area contributed by atoms with Gasteiger partial charge in [0.05, 0.1) is 16.9 Å². The second kappa shape index (κ2) is 6.55. The number of hydrogen-bond acceptors (Lipinski definition) is 3. The van der Waals surface area contributed by atoms with E-state index in [9.17, 15) is 5.26 Å². The van der Waals surface area contributed by atoms with Crippen molar-refractivity contribution >= 4 is 11.6 Å². The summed E-state index contributed by atoms with van der Waals surface area (Å²) in [5.41, 5.74) is 2.56. The van der Waals surface area contributed by atoms with Gasteiger partial charge in [-0.1, -0.05) is 29.8 Å². The number of aryl methyl sites for hydroxylation is 1. The summed E-state index contributed by atoms with van der Waals surface area (Å²) < 4.78 is 7.87. The lowest BCUT2D eigenvalue weighted by Gasteiger charge is -2.11. The molecule has 23 heavy (non-hydrogen) atoms. The van der Waals surface area contributed by atoms with Gasteiger partial charge in [0.2, 0.25) is 0 Å². The van der Waals surface area contributed by atoms with Crippen LogP contribution in [0.3, 0.4) is 0 Å². The quantitative estimate of drug-likeness (QED) is 0.707. The maximum Gasteiger partial charge on any atom is 0.146 e. The topological polar surface area (TPSA) is 50.8 Å². The van der Waals surface area contributed by atoms with Gasteiger partial charge in [-0.25, -0.2) is 4.98 Å². The number of rotatable bonds is 4. The number of hydrogen-bond donors (Lipinski definition) is 0. The molecule has 0 aliphatic heterocycles. The summed E-state index contributed by atoms with van der Waals surface area (Å²) in [5, 5.41) is 9.79. The Hall–Kier alpha value is -2.77. The van der Waals surface area contributed by atoms with Gasteiger partial charge in [-0.2, -0.15) is 5.26 Å². The standard InChI is InChI=1S/C18H14ClN3O/c1-13-10-21-12-22(13)11-14-6-7-15(9-20)18(8-14)23-17-5-3-2-4-16(17)19/h2-8,10,12H,11H2,1H3. The highest BCUT2D eigenvalue weighted by molar-refractivity contribution is 6.32. The molecule has 0 saturated carbocycles. The highest BCUT2D eigenvalue weighted by atomic mass is 35.5. The van der Waals surface area contributed by atoms with Crippen LogP contribution in [-0.2, 0) is 6.54 Å². The fourth-order valence-corrected chi connectivity index (χ4v) is 2.41. The Morgan fingerprint density at radius 3 is 2.74 bits per heavy atom. The second-order valence-electron chi connectivity index (χ2n) is 5.14. The lowest BCUT2D eigenvalue weighted by molar-refractivity contribution is 0.480. The van der Waals surface area contributed by atoms with Gasteiger partial charge in [0.1, 0.15) is 17.6 Å².